The van der Waals surface area contributed by atoms with Gasteiger partial charge in [-0.3, -0.25) is 9.69 Å². The molecule has 8 heteroatoms. The predicted octanol–water partition coefficient (Wildman–Crippen LogP) is 7.36. The molecule has 0 aliphatic carbocycles. The number of carbonyl (C=O) groups excluding carboxylic acids is 1. The highest BCUT2D eigenvalue weighted by molar-refractivity contribution is 6.11. The van der Waals surface area contributed by atoms with Crippen molar-refractivity contribution in [3.8, 4) is 22.9 Å². The molecule has 0 atom stereocenters. The lowest BCUT2D eigenvalue weighted by atomic mass is 10.1. The number of imidazole rings is 1. The molecule has 0 saturated carbocycles. The molecule has 8 nitrogen and oxygen atoms in total. The second-order valence-corrected chi connectivity index (χ2v) is 9.29. The minimum absolute atomic E-state index is 0.170. The van der Waals surface area contributed by atoms with Gasteiger partial charge in [0.05, 0.1) is 31.6 Å². The van der Waals surface area contributed by atoms with E-state index in [0.717, 1.165) is 28.2 Å². The first-order chi connectivity index (χ1) is 20.1. The number of nitrogens with zero attached hydrogens (tertiary/aromatic N) is 3. The van der Waals surface area contributed by atoms with Crippen LogP contribution in [0.25, 0.3) is 22.6 Å². The average molecular weight is 542 g/mol. The van der Waals surface area contributed by atoms with E-state index < -0.39 is 0 Å². The molecule has 0 fully saturated rings. The monoisotopic (exact) mass is 541 g/mol. The molecule has 2 heterocycles. The highest BCUT2D eigenvalue weighted by atomic mass is 16.5. The summed E-state index contributed by atoms with van der Waals surface area (Å²) in [4.78, 5) is 28.0. The van der Waals surface area contributed by atoms with Crippen molar-refractivity contribution >= 4 is 39.8 Å². The number of anilines is 4. The third-order valence-electron chi connectivity index (χ3n) is 6.67. The zero-order chi connectivity index (χ0) is 28.2. The summed E-state index contributed by atoms with van der Waals surface area (Å²) in [6, 6.07) is 34.2. The number of nitrogens with one attached hydrogen (secondary N) is 2. The molecule has 2 N–H and O–H groups in total. The Morgan fingerprint density at radius 1 is 0.756 bits per heavy atom. The maximum absolute atomic E-state index is 13.7. The van der Waals surface area contributed by atoms with Crippen LogP contribution in [0.15, 0.2) is 115 Å². The molecule has 41 heavy (non-hydrogen) atoms. The number of H-pyrrole nitrogens is 1. The van der Waals surface area contributed by atoms with Crippen LogP contribution in [0.1, 0.15) is 10.4 Å². The van der Waals surface area contributed by atoms with Gasteiger partial charge in [-0.05, 0) is 91.0 Å². The molecule has 0 saturated heterocycles. The van der Waals surface area contributed by atoms with Gasteiger partial charge in [-0.1, -0.05) is 18.2 Å². The van der Waals surface area contributed by atoms with E-state index in [2.05, 4.69) is 15.3 Å². The fourth-order valence-electron chi connectivity index (χ4n) is 4.53. The summed E-state index contributed by atoms with van der Waals surface area (Å²) in [5.41, 5.74) is 5.99. The number of methoxy groups -OCH3 is 2. The molecule has 6 aromatic rings. The lowest BCUT2D eigenvalue weighted by molar-refractivity contribution is 0.0999. The lowest BCUT2D eigenvalue weighted by Crippen LogP contribution is -2.26. The van der Waals surface area contributed by atoms with Crippen molar-refractivity contribution in [1.82, 2.24) is 15.0 Å². The number of fused-ring (bicyclic) bond motifs is 1. The Balaban J connectivity index is 1.29. The van der Waals surface area contributed by atoms with E-state index in [1.54, 1.807) is 37.4 Å². The molecular weight excluding hydrogens is 514 g/mol. The fourth-order valence-corrected chi connectivity index (χ4v) is 4.53. The van der Waals surface area contributed by atoms with Gasteiger partial charge in [-0.25, -0.2) is 9.97 Å². The smallest absolute Gasteiger partial charge is 0.262 e. The molecule has 0 bridgehead atoms. The SMILES string of the molecule is COc1ccc(Nc2ccc(-c3nc4ncc(N(C(=O)c5ccccc5)c5ccc(OC)cc5)cc4[nH]3)cc2)cc1. The first-order valence-corrected chi connectivity index (χ1v) is 13.0. The van der Waals surface area contributed by atoms with Gasteiger partial charge in [0.25, 0.3) is 5.91 Å². The van der Waals surface area contributed by atoms with Gasteiger partial charge >= 0.3 is 0 Å². The number of rotatable bonds is 8. The van der Waals surface area contributed by atoms with E-state index in [-0.39, 0.29) is 5.91 Å². The molecular formula is C33H27N5O3. The molecule has 4 aromatic carbocycles. The first kappa shape index (κ1) is 25.6. The van der Waals surface area contributed by atoms with Gasteiger partial charge in [-0.2, -0.15) is 0 Å². The van der Waals surface area contributed by atoms with E-state index in [4.69, 9.17) is 14.5 Å². The number of aromatic nitrogens is 3. The van der Waals surface area contributed by atoms with Crippen LogP contribution < -0.4 is 19.7 Å². The molecule has 6 rings (SSSR count). The summed E-state index contributed by atoms with van der Waals surface area (Å²) >= 11 is 0. The predicted molar refractivity (Wildman–Crippen MR) is 162 cm³/mol. The zero-order valence-corrected chi connectivity index (χ0v) is 22.5. The third-order valence-corrected chi connectivity index (χ3v) is 6.67. The Morgan fingerprint density at radius 3 is 2.00 bits per heavy atom. The standard InChI is InChI=1S/C33H27N5O3/c1-40-28-16-12-25(13-17-28)35-24-10-8-22(9-11-24)31-36-30-20-27(21-34-32(30)37-31)38(26-14-18-29(41-2)19-15-26)33(39)23-6-4-3-5-7-23/h3-21,35H,1-2H3,(H,34,36,37). The fraction of sp³-hybridized carbons (Fsp3) is 0.0606. The number of carbonyl (C=O) groups is 1. The quantitative estimate of drug-likeness (QED) is 0.209. The van der Waals surface area contributed by atoms with Gasteiger partial charge in [0.1, 0.15) is 17.3 Å². The van der Waals surface area contributed by atoms with Crippen molar-refractivity contribution in [3.05, 3.63) is 121 Å². The molecule has 0 unspecified atom stereocenters. The minimum Gasteiger partial charge on any atom is -0.497 e. The number of hydrogen-bond acceptors (Lipinski definition) is 6. The minimum atomic E-state index is -0.170. The number of hydrogen-bond donors (Lipinski definition) is 2. The number of amides is 1. The molecule has 202 valence electrons. The van der Waals surface area contributed by atoms with Gasteiger partial charge in [-0.15, -0.1) is 0 Å². The molecule has 1 amide bonds. The summed E-state index contributed by atoms with van der Waals surface area (Å²) in [7, 11) is 3.26. The van der Waals surface area contributed by atoms with Crippen molar-refractivity contribution in [2.24, 2.45) is 0 Å². The summed E-state index contributed by atoms with van der Waals surface area (Å²) in [6.45, 7) is 0. The van der Waals surface area contributed by atoms with Crippen molar-refractivity contribution in [3.63, 3.8) is 0 Å². The van der Waals surface area contributed by atoms with E-state index in [1.165, 1.54) is 0 Å². The zero-order valence-electron chi connectivity index (χ0n) is 22.5. The number of ether oxygens (including phenoxy) is 2. The van der Waals surface area contributed by atoms with Crippen LogP contribution in [-0.2, 0) is 0 Å². The summed E-state index contributed by atoms with van der Waals surface area (Å²) in [5, 5.41) is 3.38. The van der Waals surface area contributed by atoms with Crippen LogP contribution in [-0.4, -0.2) is 35.1 Å². The number of benzene rings is 4. The van der Waals surface area contributed by atoms with Crippen LogP contribution in [0.5, 0.6) is 11.5 Å². The molecule has 2 aromatic heterocycles. The van der Waals surface area contributed by atoms with Crippen LogP contribution in [0.2, 0.25) is 0 Å². The van der Waals surface area contributed by atoms with Crippen LogP contribution in [0.3, 0.4) is 0 Å². The topological polar surface area (TPSA) is 92.4 Å². The second kappa shape index (κ2) is 11.2. The molecule has 0 aliphatic rings. The third kappa shape index (κ3) is 5.44. The highest BCUT2D eigenvalue weighted by Crippen LogP contribution is 2.31. The summed E-state index contributed by atoms with van der Waals surface area (Å²) in [6.07, 6.45) is 1.67. The summed E-state index contributed by atoms with van der Waals surface area (Å²) in [5.74, 6) is 2.03. The molecule has 0 radical (unpaired) electrons. The van der Waals surface area contributed by atoms with E-state index in [1.807, 2.05) is 97.1 Å². The van der Waals surface area contributed by atoms with E-state index in [9.17, 15) is 4.79 Å². The normalized spacial score (nSPS) is 10.8. The van der Waals surface area contributed by atoms with Gasteiger partial charge in [0, 0.05) is 28.2 Å². The Hall–Kier alpha value is -5.63. The Kier molecular flexibility index (Phi) is 7.02. The van der Waals surface area contributed by atoms with Crippen LogP contribution >= 0.6 is 0 Å². The second-order valence-electron chi connectivity index (χ2n) is 9.29. The Bertz CT molecular complexity index is 1780. The van der Waals surface area contributed by atoms with Crippen molar-refractivity contribution in [2.45, 2.75) is 0 Å². The molecule has 0 aliphatic heterocycles. The Morgan fingerprint density at radius 2 is 1.37 bits per heavy atom. The van der Waals surface area contributed by atoms with Crippen LogP contribution in [0, 0.1) is 0 Å². The maximum atomic E-state index is 13.7. The van der Waals surface area contributed by atoms with Gasteiger partial charge in [0.2, 0.25) is 0 Å². The Labute approximate surface area is 237 Å². The van der Waals surface area contributed by atoms with Crippen molar-refractivity contribution < 1.29 is 14.3 Å². The number of aromatic amines is 1. The number of pyridine rings is 1. The average Bonchev–Trinajstić information content (AvgIpc) is 3.46. The summed E-state index contributed by atoms with van der Waals surface area (Å²) < 4.78 is 10.5. The lowest BCUT2D eigenvalue weighted by Gasteiger charge is -2.23. The molecule has 0 spiro atoms. The first-order valence-electron chi connectivity index (χ1n) is 13.0. The highest BCUT2D eigenvalue weighted by Gasteiger charge is 2.21. The van der Waals surface area contributed by atoms with Gasteiger partial charge in [0.15, 0.2) is 5.65 Å². The van der Waals surface area contributed by atoms with Crippen molar-refractivity contribution in [2.75, 3.05) is 24.4 Å². The van der Waals surface area contributed by atoms with Crippen molar-refractivity contribution in [1.29, 1.82) is 0 Å². The van der Waals surface area contributed by atoms with E-state index >= 15 is 0 Å². The van der Waals surface area contributed by atoms with E-state index in [0.29, 0.717) is 34.2 Å². The largest absolute Gasteiger partial charge is 0.497 e. The maximum Gasteiger partial charge on any atom is 0.262 e. The van der Waals surface area contributed by atoms with Gasteiger partial charge < -0.3 is 19.8 Å². The van der Waals surface area contributed by atoms with Crippen LogP contribution in [0.4, 0.5) is 22.7 Å².